The Hall–Kier alpha value is -1.69. The van der Waals surface area contributed by atoms with E-state index in [0.717, 1.165) is 5.82 Å². The minimum Gasteiger partial charge on any atom is -0.394 e. The molecule has 0 aliphatic heterocycles. The van der Waals surface area contributed by atoms with Crippen molar-refractivity contribution >= 4 is 11.5 Å². The van der Waals surface area contributed by atoms with Gasteiger partial charge in [-0.25, -0.2) is 4.98 Å². The number of fused-ring (bicyclic) bond motifs is 1. The summed E-state index contributed by atoms with van der Waals surface area (Å²) < 4.78 is 1.64. The summed E-state index contributed by atoms with van der Waals surface area (Å²) in [6.07, 6.45) is 4.74. The van der Waals surface area contributed by atoms with Crippen LogP contribution in [0.15, 0.2) is 18.7 Å². The number of hydrogen-bond donors (Lipinski definition) is 2. The maximum atomic E-state index is 8.89. The highest BCUT2D eigenvalue weighted by Crippen LogP contribution is 2.07. The van der Waals surface area contributed by atoms with E-state index in [1.165, 1.54) is 6.33 Å². The lowest BCUT2D eigenvalue weighted by Crippen LogP contribution is -2.21. The van der Waals surface area contributed by atoms with Crippen LogP contribution in [0.3, 0.4) is 0 Å². The molecule has 0 aliphatic rings. The number of nitrogens with zero attached hydrogens (tertiary/aromatic N) is 4. The van der Waals surface area contributed by atoms with Crippen molar-refractivity contribution in [2.75, 3.05) is 11.9 Å². The Morgan fingerprint density at radius 1 is 1.57 bits per heavy atom. The van der Waals surface area contributed by atoms with Crippen molar-refractivity contribution in [2.24, 2.45) is 0 Å². The van der Waals surface area contributed by atoms with E-state index in [4.69, 9.17) is 5.11 Å². The molecule has 0 saturated carbocycles. The van der Waals surface area contributed by atoms with Crippen molar-refractivity contribution in [3.63, 3.8) is 0 Å². The summed E-state index contributed by atoms with van der Waals surface area (Å²) in [7, 11) is 0. The number of aromatic nitrogens is 4. The Kier molecular flexibility index (Phi) is 2.28. The molecular formula is C8H11N5O. The first-order valence-corrected chi connectivity index (χ1v) is 4.32. The smallest absolute Gasteiger partial charge is 0.175 e. The second kappa shape index (κ2) is 3.59. The van der Waals surface area contributed by atoms with Crippen LogP contribution in [-0.2, 0) is 0 Å². The SMILES string of the molecule is CC(CO)Nc1cncc2ncnn12. The van der Waals surface area contributed by atoms with Crippen molar-refractivity contribution in [2.45, 2.75) is 13.0 Å². The van der Waals surface area contributed by atoms with Gasteiger partial charge in [0, 0.05) is 6.04 Å². The van der Waals surface area contributed by atoms with E-state index in [1.807, 2.05) is 6.92 Å². The molecule has 6 heteroatoms. The highest BCUT2D eigenvalue weighted by molar-refractivity contribution is 5.44. The molecule has 74 valence electrons. The maximum Gasteiger partial charge on any atom is 0.175 e. The molecule has 6 nitrogen and oxygen atoms in total. The normalized spacial score (nSPS) is 13.0. The average molecular weight is 193 g/mol. The van der Waals surface area contributed by atoms with Crippen LogP contribution in [0, 0.1) is 0 Å². The zero-order chi connectivity index (χ0) is 9.97. The molecular weight excluding hydrogens is 182 g/mol. The van der Waals surface area contributed by atoms with Crippen LogP contribution >= 0.6 is 0 Å². The molecule has 0 radical (unpaired) electrons. The topological polar surface area (TPSA) is 75.3 Å². The number of nitrogens with one attached hydrogen (secondary N) is 1. The summed E-state index contributed by atoms with van der Waals surface area (Å²) in [6.45, 7) is 1.93. The minimum atomic E-state index is -0.0356. The fraction of sp³-hybridized carbons (Fsp3) is 0.375. The molecule has 0 bridgehead atoms. The van der Waals surface area contributed by atoms with Crippen LogP contribution in [0.5, 0.6) is 0 Å². The summed E-state index contributed by atoms with van der Waals surface area (Å²) in [4.78, 5) is 8.00. The molecule has 1 atom stereocenters. The van der Waals surface area contributed by atoms with Crippen LogP contribution in [-0.4, -0.2) is 37.3 Å². The number of rotatable bonds is 3. The third kappa shape index (κ3) is 1.51. The van der Waals surface area contributed by atoms with Crippen molar-refractivity contribution in [1.29, 1.82) is 0 Å². The molecule has 0 aromatic carbocycles. The van der Waals surface area contributed by atoms with Crippen LogP contribution < -0.4 is 5.32 Å². The summed E-state index contributed by atoms with van der Waals surface area (Å²) in [5, 5.41) is 16.0. The van der Waals surface area contributed by atoms with Gasteiger partial charge in [0.15, 0.2) is 5.65 Å². The molecule has 2 aromatic heterocycles. The highest BCUT2D eigenvalue weighted by atomic mass is 16.3. The predicted molar refractivity (Wildman–Crippen MR) is 51.0 cm³/mol. The van der Waals surface area contributed by atoms with Gasteiger partial charge in [-0.05, 0) is 6.92 Å². The minimum absolute atomic E-state index is 0.0356. The van der Waals surface area contributed by atoms with Crippen LogP contribution in [0.2, 0.25) is 0 Å². The average Bonchev–Trinajstić information content (AvgIpc) is 2.66. The second-order valence-corrected chi connectivity index (χ2v) is 3.05. The van der Waals surface area contributed by atoms with Crippen molar-refractivity contribution in [3.8, 4) is 0 Å². The largest absolute Gasteiger partial charge is 0.394 e. The molecule has 2 aromatic rings. The van der Waals surface area contributed by atoms with Crippen molar-refractivity contribution < 1.29 is 5.11 Å². The Morgan fingerprint density at radius 3 is 3.21 bits per heavy atom. The standard InChI is InChI=1S/C8H11N5O/c1-6(4-14)12-8-3-9-2-7-10-5-11-13(7)8/h2-3,5-6,12,14H,4H2,1H3. The van der Waals surface area contributed by atoms with Gasteiger partial charge in [-0.1, -0.05) is 0 Å². The predicted octanol–water partition coefficient (Wildman–Crippen LogP) is -0.0830. The molecule has 0 amide bonds. The summed E-state index contributed by atoms with van der Waals surface area (Å²) in [5.74, 6) is 0.724. The third-order valence-electron chi connectivity index (χ3n) is 1.86. The van der Waals surface area contributed by atoms with Crippen molar-refractivity contribution in [3.05, 3.63) is 18.7 Å². The number of aliphatic hydroxyl groups is 1. The van der Waals surface area contributed by atoms with Crippen molar-refractivity contribution in [1.82, 2.24) is 19.6 Å². The molecule has 2 heterocycles. The van der Waals surface area contributed by atoms with E-state index in [2.05, 4.69) is 20.4 Å². The van der Waals surface area contributed by atoms with E-state index in [1.54, 1.807) is 16.9 Å². The number of aliphatic hydroxyl groups excluding tert-OH is 1. The van der Waals surface area contributed by atoms with Gasteiger partial charge in [0.1, 0.15) is 12.1 Å². The number of hydrogen-bond acceptors (Lipinski definition) is 5. The van der Waals surface area contributed by atoms with Gasteiger partial charge >= 0.3 is 0 Å². The lowest BCUT2D eigenvalue weighted by molar-refractivity contribution is 0.281. The van der Waals surface area contributed by atoms with Gasteiger partial charge in [0.2, 0.25) is 0 Å². The molecule has 14 heavy (non-hydrogen) atoms. The zero-order valence-electron chi connectivity index (χ0n) is 7.75. The Bertz CT molecular complexity index is 426. The van der Waals surface area contributed by atoms with Gasteiger partial charge in [-0.3, -0.25) is 4.98 Å². The summed E-state index contributed by atoms with van der Waals surface area (Å²) in [6, 6.07) is -0.0356. The monoisotopic (exact) mass is 193 g/mol. The van der Waals surface area contributed by atoms with E-state index in [9.17, 15) is 0 Å². The molecule has 1 unspecified atom stereocenters. The Balaban J connectivity index is 2.36. The van der Waals surface area contributed by atoms with Gasteiger partial charge in [-0.2, -0.15) is 9.61 Å². The van der Waals surface area contributed by atoms with E-state index >= 15 is 0 Å². The van der Waals surface area contributed by atoms with Crippen LogP contribution in [0.25, 0.3) is 5.65 Å². The maximum absolute atomic E-state index is 8.89. The van der Waals surface area contributed by atoms with Crippen LogP contribution in [0.1, 0.15) is 6.92 Å². The van der Waals surface area contributed by atoms with Crippen LogP contribution in [0.4, 0.5) is 5.82 Å². The van der Waals surface area contributed by atoms with E-state index in [0.29, 0.717) is 5.65 Å². The first-order chi connectivity index (χ1) is 6.81. The molecule has 2 N–H and O–H groups in total. The summed E-state index contributed by atoms with van der Waals surface area (Å²) in [5.41, 5.74) is 0.681. The molecule has 0 spiro atoms. The van der Waals surface area contributed by atoms with Gasteiger partial charge < -0.3 is 10.4 Å². The zero-order valence-corrected chi connectivity index (χ0v) is 7.75. The first-order valence-electron chi connectivity index (χ1n) is 4.32. The van der Waals surface area contributed by atoms with E-state index in [-0.39, 0.29) is 12.6 Å². The summed E-state index contributed by atoms with van der Waals surface area (Å²) >= 11 is 0. The van der Waals surface area contributed by atoms with E-state index < -0.39 is 0 Å². The first kappa shape index (κ1) is 8.89. The van der Waals surface area contributed by atoms with Gasteiger partial charge in [0.05, 0.1) is 19.0 Å². The Labute approximate surface area is 80.6 Å². The molecule has 0 saturated heterocycles. The highest BCUT2D eigenvalue weighted by Gasteiger charge is 2.05. The molecule has 0 fully saturated rings. The fourth-order valence-electron chi connectivity index (χ4n) is 1.15. The second-order valence-electron chi connectivity index (χ2n) is 3.05. The lowest BCUT2D eigenvalue weighted by Gasteiger charge is -2.11. The number of anilines is 1. The third-order valence-corrected chi connectivity index (χ3v) is 1.86. The van der Waals surface area contributed by atoms with Gasteiger partial charge in [0.25, 0.3) is 0 Å². The molecule has 0 aliphatic carbocycles. The fourth-order valence-corrected chi connectivity index (χ4v) is 1.15. The quantitative estimate of drug-likeness (QED) is 0.713. The Morgan fingerprint density at radius 2 is 2.43 bits per heavy atom. The van der Waals surface area contributed by atoms with Gasteiger partial charge in [-0.15, -0.1) is 0 Å². The lowest BCUT2D eigenvalue weighted by atomic mass is 10.4. The molecule has 2 rings (SSSR count).